The van der Waals surface area contributed by atoms with Crippen molar-refractivity contribution in [2.45, 2.75) is 37.3 Å². The molecule has 0 aliphatic carbocycles. The number of thioether (sulfide) groups is 1. The van der Waals surface area contributed by atoms with Gasteiger partial charge < -0.3 is 10.5 Å². The van der Waals surface area contributed by atoms with Crippen LogP contribution < -0.4 is 5.73 Å². The fourth-order valence-corrected chi connectivity index (χ4v) is 2.53. The molecule has 1 atom stereocenters. The number of hydrogen-bond acceptors (Lipinski definition) is 4. The van der Waals surface area contributed by atoms with E-state index in [-0.39, 0.29) is 11.2 Å². The first-order valence-corrected chi connectivity index (χ1v) is 6.66. The van der Waals surface area contributed by atoms with Gasteiger partial charge in [-0.15, -0.1) is 11.8 Å². The van der Waals surface area contributed by atoms with Crippen molar-refractivity contribution in [1.29, 1.82) is 0 Å². The van der Waals surface area contributed by atoms with Gasteiger partial charge in [-0.3, -0.25) is 4.79 Å². The van der Waals surface area contributed by atoms with Gasteiger partial charge in [0.25, 0.3) is 0 Å². The summed E-state index contributed by atoms with van der Waals surface area (Å²) >= 11 is 1.52. The number of ether oxygens (including phenoxy) is 1. The molecule has 0 spiro atoms. The zero-order chi connectivity index (χ0) is 12.8. The van der Waals surface area contributed by atoms with Crippen molar-refractivity contribution in [2.24, 2.45) is 0 Å². The number of anilines is 1. The predicted molar refractivity (Wildman–Crippen MR) is 72.2 cm³/mol. The Labute approximate surface area is 107 Å². The highest BCUT2D eigenvalue weighted by Crippen LogP contribution is 2.31. The van der Waals surface area contributed by atoms with Gasteiger partial charge in [0.2, 0.25) is 0 Å². The van der Waals surface area contributed by atoms with Crippen LogP contribution in [0.4, 0.5) is 5.69 Å². The maximum atomic E-state index is 11.7. The molecule has 2 N–H and O–H groups in total. The molecule has 1 rings (SSSR count). The Bertz CT molecular complexity index is 393. The molecule has 0 aliphatic heterocycles. The lowest BCUT2D eigenvalue weighted by molar-refractivity contribution is -0.142. The molecule has 4 heteroatoms. The molecule has 1 aromatic rings. The largest absolute Gasteiger partial charge is 0.465 e. The summed E-state index contributed by atoms with van der Waals surface area (Å²) in [6.45, 7) is 6.19. The Hall–Kier alpha value is -1.16. The van der Waals surface area contributed by atoms with Gasteiger partial charge in [-0.05, 0) is 38.0 Å². The van der Waals surface area contributed by atoms with E-state index >= 15 is 0 Å². The summed E-state index contributed by atoms with van der Waals surface area (Å²) < 4.78 is 5.05. The van der Waals surface area contributed by atoms with E-state index in [9.17, 15) is 4.79 Å². The van der Waals surface area contributed by atoms with Crippen molar-refractivity contribution in [3.8, 4) is 0 Å². The molecule has 3 nitrogen and oxygen atoms in total. The van der Waals surface area contributed by atoms with E-state index in [0.29, 0.717) is 6.61 Å². The Balaban J connectivity index is 2.80. The Kier molecular flexibility index (Phi) is 5.35. The van der Waals surface area contributed by atoms with Gasteiger partial charge in [-0.25, -0.2) is 0 Å². The van der Waals surface area contributed by atoms with Crippen molar-refractivity contribution in [3.63, 3.8) is 0 Å². The molecular formula is C13H19NO2S. The van der Waals surface area contributed by atoms with E-state index in [4.69, 9.17) is 10.5 Å². The van der Waals surface area contributed by atoms with Crippen LogP contribution in [0.3, 0.4) is 0 Å². The standard InChI is InChI=1S/C13H19NO2S/c1-4-11(13(15)16-5-2)17-12-8-6-7-10(14)9(12)3/h6-8,11H,4-5,14H2,1-3H3. The molecule has 0 aliphatic rings. The number of hydrogen-bond donors (Lipinski definition) is 1. The fraction of sp³-hybridized carbons (Fsp3) is 0.462. The van der Waals surface area contributed by atoms with E-state index in [2.05, 4.69) is 0 Å². The quantitative estimate of drug-likeness (QED) is 0.498. The Morgan fingerprint density at radius 3 is 2.76 bits per heavy atom. The van der Waals surface area contributed by atoms with Crippen LogP contribution in [0.5, 0.6) is 0 Å². The van der Waals surface area contributed by atoms with E-state index in [1.165, 1.54) is 11.8 Å². The van der Waals surface area contributed by atoms with Gasteiger partial charge in [0.15, 0.2) is 0 Å². The molecule has 0 heterocycles. The van der Waals surface area contributed by atoms with Crippen molar-refractivity contribution in [2.75, 3.05) is 12.3 Å². The van der Waals surface area contributed by atoms with E-state index in [1.807, 2.05) is 39.0 Å². The van der Waals surface area contributed by atoms with E-state index in [0.717, 1.165) is 22.6 Å². The maximum Gasteiger partial charge on any atom is 0.319 e. The molecule has 1 aromatic carbocycles. The summed E-state index contributed by atoms with van der Waals surface area (Å²) in [5, 5.41) is -0.157. The minimum absolute atomic E-state index is 0.151. The van der Waals surface area contributed by atoms with Crippen LogP contribution in [0.25, 0.3) is 0 Å². The highest BCUT2D eigenvalue weighted by Gasteiger charge is 2.20. The summed E-state index contributed by atoms with van der Waals surface area (Å²) in [5.41, 5.74) is 7.63. The second-order valence-electron chi connectivity index (χ2n) is 3.74. The summed E-state index contributed by atoms with van der Waals surface area (Å²) in [6.07, 6.45) is 0.748. The van der Waals surface area contributed by atoms with Crippen LogP contribution in [-0.2, 0) is 9.53 Å². The monoisotopic (exact) mass is 253 g/mol. The maximum absolute atomic E-state index is 11.7. The van der Waals surface area contributed by atoms with Crippen molar-refractivity contribution >= 4 is 23.4 Å². The third-order valence-electron chi connectivity index (χ3n) is 2.52. The van der Waals surface area contributed by atoms with E-state index < -0.39 is 0 Å². The number of carbonyl (C=O) groups excluding carboxylic acids is 1. The molecule has 0 saturated carbocycles. The highest BCUT2D eigenvalue weighted by atomic mass is 32.2. The van der Waals surface area contributed by atoms with Crippen LogP contribution in [-0.4, -0.2) is 17.8 Å². The molecule has 0 fully saturated rings. The number of esters is 1. The first-order chi connectivity index (χ1) is 8.10. The van der Waals surface area contributed by atoms with Crippen LogP contribution in [0, 0.1) is 6.92 Å². The lowest BCUT2D eigenvalue weighted by atomic mass is 10.2. The minimum atomic E-state index is -0.157. The predicted octanol–water partition coefficient (Wildman–Crippen LogP) is 3.01. The number of nitrogens with two attached hydrogens (primary N) is 1. The van der Waals surface area contributed by atoms with Gasteiger partial charge >= 0.3 is 5.97 Å². The van der Waals surface area contributed by atoms with Crippen molar-refractivity contribution in [1.82, 2.24) is 0 Å². The van der Waals surface area contributed by atoms with Crippen LogP contribution in [0.15, 0.2) is 23.1 Å². The zero-order valence-corrected chi connectivity index (χ0v) is 11.3. The van der Waals surface area contributed by atoms with Crippen LogP contribution >= 0.6 is 11.8 Å². The van der Waals surface area contributed by atoms with Gasteiger partial charge in [0, 0.05) is 10.6 Å². The van der Waals surface area contributed by atoms with Crippen molar-refractivity contribution in [3.05, 3.63) is 23.8 Å². The first-order valence-electron chi connectivity index (χ1n) is 5.78. The molecule has 0 radical (unpaired) electrons. The molecule has 17 heavy (non-hydrogen) atoms. The lowest BCUT2D eigenvalue weighted by Gasteiger charge is -2.15. The van der Waals surface area contributed by atoms with Gasteiger partial charge in [0.1, 0.15) is 5.25 Å². The van der Waals surface area contributed by atoms with Gasteiger partial charge in [-0.1, -0.05) is 13.0 Å². The topological polar surface area (TPSA) is 52.3 Å². The second-order valence-corrected chi connectivity index (χ2v) is 4.98. The van der Waals surface area contributed by atoms with Gasteiger partial charge in [-0.2, -0.15) is 0 Å². The summed E-state index contributed by atoms with van der Waals surface area (Å²) in [5.74, 6) is -0.151. The number of benzene rings is 1. The highest BCUT2D eigenvalue weighted by molar-refractivity contribution is 8.00. The zero-order valence-electron chi connectivity index (χ0n) is 10.5. The average Bonchev–Trinajstić information content (AvgIpc) is 2.31. The van der Waals surface area contributed by atoms with Crippen LogP contribution in [0.1, 0.15) is 25.8 Å². The summed E-state index contributed by atoms with van der Waals surface area (Å²) in [4.78, 5) is 12.7. The minimum Gasteiger partial charge on any atom is -0.465 e. The number of nitrogen functional groups attached to an aromatic ring is 1. The normalized spacial score (nSPS) is 12.2. The third-order valence-corrected chi connectivity index (χ3v) is 4.02. The SMILES string of the molecule is CCOC(=O)C(CC)Sc1cccc(N)c1C. The summed E-state index contributed by atoms with van der Waals surface area (Å²) in [6, 6.07) is 5.76. The molecule has 0 saturated heterocycles. The third kappa shape index (κ3) is 3.66. The average molecular weight is 253 g/mol. The first kappa shape index (κ1) is 13.9. The molecule has 0 aromatic heterocycles. The molecular weight excluding hydrogens is 234 g/mol. The summed E-state index contributed by atoms with van der Waals surface area (Å²) in [7, 11) is 0. The van der Waals surface area contributed by atoms with Crippen molar-refractivity contribution < 1.29 is 9.53 Å². The smallest absolute Gasteiger partial charge is 0.319 e. The second kappa shape index (κ2) is 6.55. The Morgan fingerprint density at radius 1 is 1.47 bits per heavy atom. The van der Waals surface area contributed by atoms with E-state index in [1.54, 1.807) is 0 Å². The molecule has 94 valence electrons. The van der Waals surface area contributed by atoms with Crippen LogP contribution in [0.2, 0.25) is 0 Å². The number of rotatable bonds is 5. The number of carbonyl (C=O) groups is 1. The lowest BCUT2D eigenvalue weighted by Crippen LogP contribution is -2.19. The Morgan fingerprint density at radius 2 is 2.18 bits per heavy atom. The fourth-order valence-electron chi connectivity index (χ4n) is 1.45. The van der Waals surface area contributed by atoms with Gasteiger partial charge in [0.05, 0.1) is 6.61 Å². The molecule has 0 amide bonds. The molecule has 1 unspecified atom stereocenters. The molecule has 0 bridgehead atoms.